The van der Waals surface area contributed by atoms with Gasteiger partial charge >= 0.3 is 0 Å². The Morgan fingerprint density at radius 2 is 1.90 bits per heavy atom. The van der Waals surface area contributed by atoms with Gasteiger partial charge in [-0.15, -0.1) is 0 Å². The molecule has 1 atom stereocenters. The van der Waals surface area contributed by atoms with E-state index in [4.69, 9.17) is 5.26 Å². The van der Waals surface area contributed by atoms with Crippen LogP contribution in [0.3, 0.4) is 0 Å². The van der Waals surface area contributed by atoms with Crippen LogP contribution in [0.4, 0.5) is 0 Å². The highest BCUT2D eigenvalue weighted by atomic mass is 32.2. The normalized spacial score (nSPS) is 28.2. The summed E-state index contributed by atoms with van der Waals surface area (Å²) in [6, 6.07) is 8.79. The quantitative estimate of drug-likeness (QED) is 0.903. The van der Waals surface area contributed by atoms with Crippen LogP contribution in [-0.4, -0.2) is 39.0 Å². The van der Waals surface area contributed by atoms with Gasteiger partial charge in [-0.05, 0) is 49.5 Å². The molecule has 21 heavy (non-hydrogen) atoms. The lowest BCUT2D eigenvalue weighted by atomic mass is 9.85. The van der Waals surface area contributed by atoms with Crippen LogP contribution < -0.4 is 4.72 Å². The number of benzene rings is 1. The van der Waals surface area contributed by atoms with Gasteiger partial charge in [-0.1, -0.05) is 12.1 Å². The summed E-state index contributed by atoms with van der Waals surface area (Å²) in [7, 11) is -3.34. The van der Waals surface area contributed by atoms with Crippen molar-refractivity contribution in [1.82, 2.24) is 9.62 Å². The number of piperidine rings is 3. The van der Waals surface area contributed by atoms with E-state index in [2.05, 4.69) is 9.62 Å². The zero-order chi connectivity index (χ0) is 14.9. The van der Waals surface area contributed by atoms with Crippen LogP contribution in [0.5, 0.6) is 0 Å². The van der Waals surface area contributed by atoms with Crippen molar-refractivity contribution >= 4 is 10.0 Å². The Morgan fingerprint density at radius 3 is 2.43 bits per heavy atom. The van der Waals surface area contributed by atoms with E-state index in [1.54, 1.807) is 24.3 Å². The predicted octanol–water partition coefficient (Wildman–Crippen LogP) is 1.07. The predicted molar refractivity (Wildman–Crippen MR) is 79.9 cm³/mol. The zero-order valence-corrected chi connectivity index (χ0v) is 12.6. The molecule has 0 spiro atoms. The molecule has 0 radical (unpaired) electrons. The second kappa shape index (κ2) is 5.76. The molecule has 112 valence electrons. The third-order valence-electron chi connectivity index (χ3n) is 4.43. The van der Waals surface area contributed by atoms with Gasteiger partial charge in [-0.25, -0.2) is 13.1 Å². The molecule has 2 bridgehead atoms. The summed E-state index contributed by atoms with van der Waals surface area (Å²) >= 11 is 0. The second-order valence-electron chi connectivity index (χ2n) is 5.93. The van der Waals surface area contributed by atoms with Crippen LogP contribution in [-0.2, 0) is 15.8 Å². The summed E-state index contributed by atoms with van der Waals surface area (Å²) in [6.07, 6.45) is 2.17. The lowest BCUT2D eigenvalue weighted by Crippen LogP contribution is -2.57. The maximum Gasteiger partial charge on any atom is 0.216 e. The molecule has 0 saturated carbocycles. The van der Waals surface area contributed by atoms with E-state index in [1.807, 2.05) is 6.07 Å². The second-order valence-corrected chi connectivity index (χ2v) is 7.68. The van der Waals surface area contributed by atoms with Crippen LogP contribution in [0.2, 0.25) is 0 Å². The van der Waals surface area contributed by atoms with Crippen LogP contribution in [0.25, 0.3) is 0 Å². The highest BCUT2D eigenvalue weighted by Gasteiger charge is 2.36. The van der Waals surface area contributed by atoms with E-state index in [9.17, 15) is 8.42 Å². The molecule has 6 heteroatoms. The van der Waals surface area contributed by atoms with Crippen LogP contribution in [0, 0.1) is 17.2 Å². The molecular formula is C15H19N3O2S. The minimum absolute atomic E-state index is 0.0259. The molecular weight excluding hydrogens is 286 g/mol. The van der Waals surface area contributed by atoms with Crippen molar-refractivity contribution in [3.05, 3.63) is 35.4 Å². The van der Waals surface area contributed by atoms with Gasteiger partial charge in [-0.3, -0.25) is 0 Å². The molecule has 4 rings (SSSR count). The number of fused-ring (bicyclic) bond motifs is 3. The van der Waals surface area contributed by atoms with Gasteiger partial charge in [0.2, 0.25) is 10.0 Å². The summed E-state index contributed by atoms with van der Waals surface area (Å²) in [6.45, 7) is 3.02. The molecule has 3 aliphatic heterocycles. The van der Waals surface area contributed by atoms with Crippen LogP contribution in [0.1, 0.15) is 24.0 Å². The van der Waals surface area contributed by atoms with Gasteiger partial charge < -0.3 is 4.90 Å². The Morgan fingerprint density at radius 1 is 1.24 bits per heavy atom. The lowest BCUT2D eigenvalue weighted by Gasteiger charge is -2.44. The Kier molecular flexibility index (Phi) is 3.98. The van der Waals surface area contributed by atoms with Crippen LogP contribution >= 0.6 is 0 Å². The van der Waals surface area contributed by atoms with Crippen molar-refractivity contribution in [3.8, 4) is 6.07 Å². The van der Waals surface area contributed by atoms with E-state index < -0.39 is 10.0 Å². The maximum atomic E-state index is 12.3. The smallest absolute Gasteiger partial charge is 0.216 e. The van der Waals surface area contributed by atoms with E-state index >= 15 is 0 Å². The molecule has 3 saturated heterocycles. The van der Waals surface area contributed by atoms with Gasteiger partial charge in [0.25, 0.3) is 0 Å². The third kappa shape index (κ3) is 3.43. The Hall–Kier alpha value is -1.42. The van der Waals surface area contributed by atoms with Crippen LogP contribution in [0.15, 0.2) is 24.3 Å². The Labute approximate surface area is 125 Å². The number of nitriles is 1. The third-order valence-corrected chi connectivity index (χ3v) is 5.80. The monoisotopic (exact) mass is 305 g/mol. The topological polar surface area (TPSA) is 73.2 Å². The van der Waals surface area contributed by atoms with E-state index in [1.165, 1.54) is 0 Å². The van der Waals surface area contributed by atoms with Gasteiger partial charge in [-0.2, -0.15) is 5.26 Å². The van der Waals surface area contributed by atoms with E-state index in [-0.39, 0.29) is 11.8 Å². The summed E-state index contributed by atoms with van der Waals surface area (Å²) in [5.74, 6) is 0.452. The van der Waals surface area contributed by atoms with Gasteiger partial charge in [0.1, 0.15) is 0 Å². The first-order valence-corrected chi connectivity index (χ1v) is 8.92. The molecule has 1 N–H and O–H groups in total. The van der Waals surface area contributed by atoms with Gasteiger partial charge in [0.15, 0.2) is 0 Å². The average Bonchev–Trinajstić information content (AvgIpc) is 2.48. The van der Waals surface area contributed by atoms with Crippen molar-refractivity contribution in [2.24, 2.45) is 5.92 Å². The molecule has 3 heterocycles. The van der Waals surface area contributed by atoms with Gasteiger partial charge in [0.05, 0.1) is 17.4 Å². The molecule has 1 aromatic carbocycles. The Bertz CT molecular complexity index is 640. The first kappa shape index (κ1) is 14.5. The minimum atomic E-state index is -3.34. The zero-order valence-electron chi connectivity index (χ0n) is 11.8. The molecule has 0 aliphatic carbocycles. The molecule has 0 amide bonds. The first-order valence-electron chi connectivity index (χ1n) is 7.27. The number of nitrogens with zero attached hydrogens (tertiary/aromatic N) is 2. The van der Waals surface area contributed by atoms with Gasteiger partial charge in [0, 0.05) is 12.6 Å². The first-order chi connectivity index (χ1) is 10.1. The molecule has 3 aliphatic rings. The number of hydrogen-bond donors (Lipinski definition) is 1. The molecule has 3 fully saturated rings. The Balaban J connectivity index is 1.65. The standard InChI is InChI=1S/C15H19N3O2S/c16-9-12-1-3-13(4-2-12)11-21(19,20)17-15-10-18-7-5-14(15)6-8-18/h1-4,14-15,17H,5-8,10-11H2. The summed E-state index contributed by atoms with van der Waals surface area (Å²) in [5, 5.41) is 8.75. The summed E-state index contributed by atoms with van der Waals surface area (Å²) in [5.41, 5.74) is 1.25. The van der Waals surface area contributed by atoms with Crippen molar-refractivity contribution in [2.45, 2.75) is 24.6 Å². The minimum Gasteiger partial charge on any atom is -0.302 e. The molecule has 0 aromatic heterocycles. The number of sulfonamides is 1. The highest BCUT2D eigenvalue weighted by Crippen LogP contribution is 2.28. The van der Waals surface area contributed by atoms with E-state index in [0.717, 1.165) is 32.5 Å². The fourth-order valence-electron chi connectivity index (χ4n) is 3.27. The van der Waals surface area contributed by atoms with Crippen molar-refractivity contribution in [1.29, 1.82) is 5.26 Å². The number of hydrogen-bond acceptors (Lipinski definition) is 4. The van der Waals surface area contributed by atoms with Crippen molar-refractivity contribution < 1.29 is 8.42 Å². The average molecular weight is 305 g/mol. The van der Waals surface area contributed by atoms with Crippen molar-refractivity contribution in [2.75, 3.05) is 19.6 Å². The number of nitrogens with one attached hydrogen (secondary N) is 1. The highest BCUT2D eigenvalue weighted by molar-refractivity contribution is 7.88. The largest absolute Gasteiger partial charge is 0.302 e. The van der Waals surface area contributed by atoms with E-state index in [0.29, 0.717) is 17.0 Å². The summed E-state index contributed by atoms with van der Waals surface area (Å²) in [4.78, 5) is 2.33. The van der Waals surface area contributed by atoms with Crippen molar-refractivity contribution in [3.63, 3.8) is 0 Å². The SMILES string of the molecule is N#Cc1ccc(CS(=O)(=O)NC2CN3CCC2CC3)cc1. The lowest BCUT2D eigenvalue weighted by molar-refractivity contribution is 0.0827. The molecule has 5 nitrogen and oxygen atoms in total. The fourth-order valence-corrected chi connectivity index (χ4v) is 4.71. The molecule has 1 aromatic rings. The fraction of sp³-hybridized carbons (Fsp3) is 0.533. The number of rotatable bonds is 4. The summed E-state index contributed by atoms with van der Waals surface area (Å²) < 4.78 is 27.5. The molecule has 1 unspecified atom stereocenters. The maximum absolute atomic E-state index is 12.3.